The van der Waals surface area contributed by atoms with E-state index in [4.69, 9.17) is 4.74 Å². The van der Waals surface area contributed by atoms with Crippen molar-refractivity contribution in [1.29, 1.82) is 0 Å². The summed E-state index contributed by atoms with van der Waals surface area (Å²) in [6.45, 7) is 2.40. The Bertz CT molecular complexity index is 490. The number of rotatable bonds is 3. The van der Waals surface area contributed by atoms with E-state index in [-0.39, 0.29) is 23.5 Å². The van der Waals surface area contributed by atoms with E-state index in [2.05, 4.69) is 21.2 Å². The number of hydrogen-bond acceptors (Lipinski definition) is 4. The van der Waals surface area contributed by atoms with Crippen LogP contribution >= 0.6 is 15.9 Å². The third-order valence-corrected chi connectivity index (χ3v) is 3.54. The molecule has 7 heteroatoms. The van der Waals surface area contributed by atoms with Crippen LogP contribution in [0.1, 0.15) is 19.8 Å². The molecule has 1 aromatic carbocycles. The lowest BCUT2D eigenvalue weighted by atomic mass is 10.1. The average molecular weight is 333 g/mol. The van der Waals surface area contributed by atoms with Crippen molar-refractivity contribution in [2.75, 3.05) is 11.9 Å². The van der Waals surface area contributed by atoms with Gasteiger partial charge in [-0.15, -0.1) is 0 Å². The van der Waals surface area contributed by atoms with Crippen LogP contribution in [-0.2, 0) is 4.74 Å². The molecule has 0 bridgehead atoms. The molecule has 1 saturated heterocycles. The maximum absolute atomic E-state index is 13.9. The quantitative estimate of drug-likeness (QED) is 0.679. The summed E-state index contributed by atoms with van der Waals surface area (Å²) in [5.74, 6) is -0.639. The Morgan fingerprint density at radius 1 is 1.53 bits per heavy atom. The van der Waals surface area contributed by atoms with E-state index in [1.807, 2.05) is 6.92 Å². The van der Waals surface area contributed by atoms with E-state index in [0.29, 0.717) is 11.1 Å². The predicted molar refractivity (Wildman–Crippen MR) is 72.8 cm³/mol. The second-order valence-corrected chi connectivity index (χ2v) is 5.52. The van der Waals surface area contributed by atoms with Gasteiger partial charge in [-0.2, -0.15) is 0 Å². The second-order valence-electron chi connectivity index (χ2n) is 4.60. The van der Waals surface area contributed by atoms with E-state index in [1.54, 1.807) is 0 Å². The monoisotopic (exact) mass is 332 g/mol. The van der Waals surface area contributed by atoms with Crippen molar-refractivity contribution < 1.29 is 14.1 Å². The molecule has 1 aliphatic rings. The van der Waals surface area contributed by atoms with Crippen molar-refractivity contribution >= 4 is 27.3 Å². The number of halogens is 2. The van der Waals surface area contributed by atoms with Crippen LogP contribution in [0.3, 0.4) is 0 Å². The van der Waals surface area contributed by atoms with Crippen molar-refractivity contribution in [2.45, 2.75) is 31.9 Å². The van der Waals surface area contributed by atoms with Gasteiger partial charge in [-0.1, -0.05) is 15.9 Å². The largest absolute Gasteiger partial charge is 0.376 e. The molecule has 0 aromatic heterocycles. The van der Waals surface area contributed by atoms with Gasteiger partial charge in [0.25, 0.3) is 5.69 Å². The van der Waals surface area contributed by atoms with Gasteiger partial charge in [0.1, 0.15) is 5.69 Å². The minimum atomic E-state index is -0.639. The molecule has 0 saturated carbocycles. The predicted octanol–water partition coefficient (Wildman–Crippen LogP) is 3.48. The summed E-state index contributed by atoms with van der Waals surface area (Å²) < 4.78 is 19.7. The van der Waals surface area contributed by atoms with Crippen LogP contribution in [0.15, 0.2) is 16.6 Å². The molecule has 1 fully saturated rings. The van der Waals surface area contributed by atoms with Crippen molar-refractivity contribution in [3.05, 3.63) is 32.5 Å². The molecule has 1 heterocycles. The SMILES string of the molecule is CC1CC[C@H](Nc2c(F)cc(Br)cc2[N+](=O)[O-])CO1. The topological polar surface area (TPSA) is 64.4 Å². The van der Waals surface area contributed by atoms with Gasteiger partial charge in [0.05, 0.1) is 17.6 Å². The first-order valence-corrected chi connectivity index (χ1v) is 6.78. The molecule has 0 spiro atoms. The number of nitro groups is 1. The van der Waals surface area contributed by atoms with Crippen LogP contribution in [0.4, 0.5) is 15.8 Å². The summed E-state index contributed by atoms with van der Waals surface area (Å²) in [5.41, 5.74) is -0.346. The van der Waals surface area contributed by atoms with Crippen LogP contribution in [0.25, 0.3) is 0 Å². The molecule has 19 heavy (non-hydrogen) atoms. The Morgan fingerprint density at radius 2 is 2.26 bits per heavy atom. The fraction of sp³-hybridized carbons (Fsp3) is 0.500. The van der Waals surface area contributed by atoms with Gasteiger partial charge in [-0.25, -0.2) is 4.39 Å². The molecule has 0 radical (unpaired) electrons. The molecule has 104 valence electrons. The number of anilines is 1. The van der Waals surface area contributed by atoms with E-state index in [1.165, 1.54) is 12.1 Å². The molecular weight excluding hydrogens is 319 g/mol. The molecule has 1 N–H and O–H groups in total. The van der Waals surface area contributed by atoms with Gasteiger partial charge in [-0.05, 0) is 25.8 Å². The first-order valence-electron chi connectivity index (χ1n) is 5.99. The summed E-state index contributed by atoms with van der Waals surface area (Å²) in [4.78, 5) is 10.4. The molecular formula is C12H14BrFN2O3. The Kier molecular flexibility index (Phi) is 4.36. The first-order chi connectivity index (χ1) is 8.97. The smallest absolute Gasteiger partial charge is 0.296 e. The van der Waals surface area contributed by atoms with E-state index >= 15 is 0 Å². The van der Waals surface area contributed by atoms with Crippen LogP contribution in [0.2, 0.25) is 0 Å². The lowest BCUT2D eigenvalue weighted by Gasteiger charge is -2.28. The molecule has 5 nitrogen and oxygen atoms in total. The highest BCUT2D eigenvalue weighted by Gasteiger charge is 2.25. The van der Waals surface area contributed by atoms with Gasteiger partial charge in [0.2, 0.25) is 0 Å². The van der Waals surface area contributed by atoms with Gasteiger partial charge in [0.15, 0.2) is 5.82 Å². The number of benzene rings is 1. The number of nitro benzene ring substituents is 1. The van der Waals surface area contributed by atoms with Gasteiger partial charge in [-0.3, -0.25) is 10.1 Å². The zero-order valence-electron chi connectivity index (χ0n) is 10.4. The first kappa shape index (κ1) is 14.2. The van der Waals surface area contributed by atoms with E-state index in [0.717, 1.165) is 12.8 Å². The van der Waals surface area contributed by atoms with Crippen molar-refractivity contribution in [1.82, 2.24) is 0 Å². The highest BCUT2D eigenvalue weighted by atomic mass is 79.9. The Balaban J connectivity index is 2.21. The highest BCUT2D eigenvalue weighted by molar-refractivity contribution is 9.10. The lowest BCUT2D eigenvalue weighted by Crippen LogP contribution is -2.34. The lowest BCUT2D eigenvalue weighted by molar-refractivity contribution is -0.384. The second kappa shape index (κ2) is 5.83. The summed E-state index contributed by atoms with van der Waals surface area (Å²) in [6, 6.07) is 2.39. The minimum Gasteiger partial charge on any atom is -0.376 e. The van der Waals surface area contributed by atoms with Crippen molar-refractivity contribution in [3.63, 3.8) is 0 Å². The summed E-state index contributed by atoms with van der Waals surface area (Å²) >= 11 is 3.05. The molecule has 0 aliphatic carbocycles. The normalized spacial score (nSPS) is 23.1. The molecule has 0 amide bonds. The van der Waals surface area contributed by atoms with Gasteiger partial charge >= 0.3 is 0 Å². The Labute approximate surface area is 118 Å². The highest BCUT2D eigenvalue weighted by Crippen LogP contribution is 2.32. The number of nitrogens with one attached hydrogen (secondary N) is 1. The zero-order valence-corrected chi connectivity index (χ0v) is 11.9. The van der Waals surface area contributed by atoms with E-state index < -0.39 is 10.7 Å². The van der Waals surface area contributed by atoms with Gasteiger partial charge < -0.3 is 10.1 Å². The van der Waals surface area contributed by atoms with Crippen LogP contribution in [-0.4, -0.2) is 23.7 Å². The third-order valence-electron chi connectivity index (χ3n) is 3.08. The maximum Gasteiger partial charge on any atom is 0.296 e. The maximum atomic E-state index is 13.9. The molecule has 1 aliphatic heterocycles. The van der Waals surface area contributed by atoms with Gasteiger partial charge in [0, 0.05) is 16.6 Å². The Morgan fingerprint density at radius 3 is 2.84 bits per heavy atom. The molecule has 2 atom stereocenters. The average Bonchev–Trinajstić information content (AvgIpc) is 2.34. The molecule has 1 unspecified atom stereocenters. The fourth-order valence-electron chi connectivity index (χ4n) is 2.05. The molecule has 1 aromatic rings. The van der Waals surface area contributed by atoms with Crippen LogP contribution < -0.4 is 5.32 Å². The fourth-order valence-corrected chi connectivity index (χ4v) is 2.47. The summed E-state index contributed by atoms with van der Waals surface area (Å²) in [7, 11) is 0. The minimum absolute atomic E-state index is 0.0728. The van der Waals surface area contributed by atoms with Crippen molar-refractivity contribution in [2.24, 2.45) is 0 Å². The van der Waals surface area contributed by atoms with Crippen LogP contribution in [0.5, 0.6) is 0 Å². The number of hydrogen-bond donors (Lipinski definition) is 1. The third kappa shape index (κ3) is 3.42. The van der Waals surface area contributed by atoms with E-state index in [9.17, 15) is 14.5 Å². The zero-order chi connectivity index (χ0) is 14.0. The van der Waals surface area contributed by atoms with Crippen LogP contribution in [0, 0.1) is 15.9 Å². The number of ether oxygens (including phenoxy) is 1. The number of nitrogens with zero attached hydrogens (tertiary/aromatic N) is 1. The molecule has 2 rings (SSSR count). The summed E-state index contributed by atoms with van der Waals surface area (Å²) in [6.07, 6.45) is 1.83. The Hall–Kier alpha value is -1.21. The van der Waals surface area contributed by atoms with Crippen molar-refractivity contribution in [3.8, 4) is 0 Å². The summed E-state index contributed by atoms with van der Waals surface area (Å²) in [5, 5.41) is 13.9. The standard InChI is InChI=1S/C12H14BrFN2O3/c1-7-2-3-9(6-19-7)15-12-10(14)4-8(13)5-11(12)16(17)18/h4-5,7,9,15H,2-3,6H2,1H3/t7?,9-/m0/s1.